The molecule has 0 aromatic heterocycles. The van der Waals surface area contributed by atoms with E-state index in [9.17, 15) is 82.4 Å². The van der Waals surface area contributed by atoms with Crippen LogP contribution in [0.2, 0.25) is 0 Å². The number of carboxylic acids is 1. The Kier molecular flexibility index (Phi) is 45.3. The minimum Gasteiger partial charge on any atom is -0.508 e. The number of carbonyl (C=O) groups excluding carboxylic acids is 13. The van der Waals surface area contributed by atoms with E-state index < -0.39 is 188 Å². The van der Waals surface area contributed by atoms with Gasteiger partial charge in [0, 0.05) is 32.6 Å². The summed E-state index contributed by atoms with van der Waals surface area (Å²) < 4.78 is 0. The van der Waals surface area contributed by atoms with Crippen molar-refractivity contribution in [2.45, 2.75) is 223 Å². The summed E-state index contributed by atoms with van der Waals surface area (Å²) in [6, 6.07) is 6.43. The lowest BCUT2D eigenvalue weighted by Crippen LogP contribution is -2.61. The van der Waals surface area contributed by atoms with Crippen LogP contribution in [-0.2, 0) is 86.4 Å². The molecule has 628 valence electrons. The molecule has 0 spiro atoms. The number of phenolic OH excluding ortho intramolecular Hbond substituents is 1. The predicted octanol–water partition coefficient (Wildman–Crippen LogP) is -5.28. The molecular formula is C75H121N21O17. The molecule has 0 aliphatic heterocycles. The fraction of sp³-hybridized carbons (Fsp3) is 0.573. The van der Waals surface area contributed by atoms with E-state index in [1.165, 1.54) is 31.2 Å². The number of rotatable bonds is 56. The summed E-state index contributed by atoms with van der Waals surface area (Å²) in [7, 11) is 0. The number of carboxylic acid groups (broad SMARTS) is 1. The number of hydrogen-bond acceptors (Lipinski definition) is 24. The lowest BCUT2D eigenvalue weighted by molar-refractivity contribution is -0.139. The third-order valence-corrected chi connectivity index (χ3v) is 17.7. The second-order valence-electron chi connectivity index (χ2n) is 28.5. The summed E-state index contributed by atoms with van der Waals surface area (Å²) in [5.41, 5.74) is 41.5. The van der Waals surface area contributed by atoms with Gasteiger partial charge >= 0.3 is 5.97 Å². The zero-order valence-corrected chi connectivity index (χ0v) is 65.1. The van der Waals surface area contributed by atoms with Gasteiger partial charge in [-0.25, -0.2) is 0 Å². The number of aliphatic hydroxyl groups is 1. The molecule has 31 N–H and O–H groups in total. The van der Waals surface area contributed by atoms with Crippen molar-refractivity contribution >= 4 is 82.8 Å². The number of phenols is 1. The van der Waals surface area contributed by atoms with Gasteiger partial charge < -0.3 is 119 Å². The molecule has 38 nitrogen and oxygen atoms in total. The molecule has 0 aliphatic rings. The Balaban J connectivity index is 2.01. The van der Waals surface area contributed by atoms with Crippen LogP contribution in [0.4, 0.5) is 0 Å². The topological polar surface area (TPSA) is 650 Å². The van der Waals surface area contributed by atoms with Crippen LogP contribution < -0.4 is 115 Å². The van der Waals surface area contributed by atoms with Gasteiger partial charge in [0.05, 0.1) is 13.2 Å². The van der Waals surface area contributed by atoms with Crippen LogP contribution >= 0.6 is 0 Å². The summed E-state index contributed by atoms with van der Waals surface area (Å²) in [6.45, 7) is 7.30. The van der Waals surface area contributed by atoms with Crippen LogP contribution in [0.5, 0.6) is 5.75 Å². The summed E-state index contributed by atoms with van der Waals surface area (Å²) >= 11 is 0. The zero-order chi connectivity index (χ0) is 84.1. The van der Waals surface area contributed by atoms with Crippen LogP contribution in [0.3, 0.4) is 0 Å². The van der Waals surface area contributed by atoms with Crippen LogP contribution in [0.1, 0.15) is 141 Å². The number of carbonyl (C=O) groups is 14. The molecule has 0 saturated carbocycles. The van der Waals surface area contributed by atoms with Crippen molar-refractivity contribution in [3.63, 3.8) is 0 Å². The van der Waals surface area contributed by atoms with Gasteiger partial charge in [-0.15, -0.1) is 0 Å². The maximum absolute atomic E-state index is 14.8. The quantitative estimate of drug-likeness (QED) is 0.0185. The first kappa shape index (κ1) is 96.9. The number of amides is 13. The van der Waals surface area contributed by atoms with Crippen LogP contribution in [0, 0.1) is 11.8 Å². The molecule has 0 fully saturated rings. The molecule has 3 rings (SSSR count). The minimum atomic E-state index is -1.92. The van der Waals surface area contributed by atoms with Crippen LogP contribution in [0.15, 0.2) is 84.9 Å². The number of aliphatic carboxylic acids is 1. The third kappa shape index (κ3) is 39.6. The normalized spacial score (nSPS) is 14.2. The Morgan fingerprint density at radius 2 is 0.708 bits per heavy atom. The van der Waals surface area contributed by atoms with Gasteiger partial charge in [-0.2, -0.15) is 0 Å². The summed E-state index contributed by atoms with van der Waals surface area (Å²) in [5.74, 6) is -13.6. The van der Waals surface area contributed by atoms with Crippen molar-refractivity contribution in [1.82, 2.24) is 74.4 Å². The highest BCUT2D eigenvalue weighted by Crippen LogP contribution is 2.16. The van der Waals surface area contributed by atoms with E-state index in [2.05, 4.69) is 74.4 Å². The summed E-state index contributed by atoms with van der Waals surface area (Å²) in [5, 5.41) is 67.6. The van der Waals surface area contributed by atoms with E-state index in [0.29, 0.717) is 48.9 Å². The van der Waals surface area contributed by atoms with Gasteiger partial charge in [-0.3, -0.25) is 77.8 Å². The largest absolute Gasteiger partial charge is 0.508 e. The van der Waals surface area contributed by atoms with Crippen molar-refractivity contribution in [2.24, 2.45) is 52.0 Å². The molecule has 0 bridgehead atoms. The Morgan fingerprint density at radius 3 is 1.08 bits per heavy atom. The van der Waals surface area contributed by atoms with Crippen molar-refractivity contribution in [2.75, 3.05) is 39.3 Å². The number of benzene rings is 3. The van der Waals surface area contributed by atoms with Crippen molar-refractivity contribution in [1.29, 1.82) is 0 Å². The number of aliphatic hydroxyl groups excluding tert-OH is 1. The minimum absolute atomic E-state index is 0.0110. The van der Waals surface area contributed by atoms with Crippen LogP contribution in [-0.4, -0.2) is 216 Å². The van der Waals surface area contributed by atoms with Gasteiger partial charge in [0.25, 0.3) is 0 Å². The number of nitrogens with two attached hydrogens (primary N) is 7. The predicted molar refractivity (Wildman–Crippen MR) is 419 cm³/mol. The number of primary amides is 1. The molecule has 38 heteroatoms. The van der Waals surface area contributed by atoms with E-state index >= 15 is 0 Å². The molecule has 0 radical (unpaired) electrons. The molecule has 13 amide bonds. The number of hydrogen-bond donors (Lipinski definition) is 24. The monoisotopic (exact) mass is 1590 g/mol. The first-order chi connectivity index (χ1) is 53.6. The van der Waals surface area contributed by atoms with Gasteiger partial charge in [0.1, 0.15) is 84.8 Å². The average Bonchev–Trinajstić information content (AvgIpc) is 0.872. The standard InChI is InChI=1S/C75H121N21O17/c1-43(2)36-56(64(104)85-41-61(100)87-55(63(78)103)38-46-18-8-6-9-19-46)92-70(110)57(37-44(3)4)93-71(111)58(39-47-20-10-7-11-21-47)95-69(109)54(30-31-62(101)102)91-67(107)52(24-16-34-83-74(79)80)90-73(113)60(42-97)96-72(112)59(40-48-26-28-49(99)29-27-48)94-68(108)53(25-17-35-84-75(81)82)89-66(106)51(23-13-15-33-77)88-65(105)50(86-45(5)98)22-12-14-32-76/h6-11,18-21,26-29,43-44,50-60,74-75,83-84,97,99H,12-17,22-25,30-42,76-77,79-82H2,1-5H3,(H2,78,103)(H,85,104)(H,86,98)(H,87,100)(H,88,105)(H,89,106)(H,90,113)(H,91,107)(H,92,110)(H,93,111)(H,94,108)(H,95,109)(H,96,112)(H,101,102)/t50-,51-,52-,53-,54-,55-,56-,57-,58-,59-,60-/m0/s1. The Bertz CT molecular complexity index is 3510. The molecule has 113 heavy (non-hydrogen) atoms. The first-order valence-corrected chi connectivity index (χ1v) is 38.1. The fourth-order valence-electron chi connectivity index (χ4n) is 11.8. The molecule has 11 atom stereocenters. The fourth-order valence-corrected chi connectivity index (χ4v) is 11.8. The van der Waals surface area contributed by atoms with E-state index in [4.69, 9.17) is 40.1 Å². The highest BCUT2D eigenvalue weighted by Gasteiger charge is 2.37. The lowest BCUT2D eigenvalue weighted by atomic mass is 9.99. The Morgan fingerprint density at radius 1 is 0.381 bits per heavy atom. The highest BCUT2D eigenvalue weighted by atomic mass is 16.4. The van der Waals surface area contributed by atoms with E-state index in [1.54, 1.807) is 88.4 Å². The molecule has 0 saturated heterocycles. The van der Waals surface area contributed by atoms with E-state index in [-0.39, 0.29) is 108 Å². The Labute approximate surface area is 658 Å². The van der Waals surface area contributed by atoms with Gasteiger partial charge in [-0.05, 0) is 150 Å². The zero-order valence-electron chi connectivity index (χ0n) is 65.1. The second-order valence-corrected chi connectivity index (χ2v) is 28.5. The smallest absolute Gasteiger partial charge is 0.303 e. The summed E-state index contributed by atoms with van der Waals surface area (Å²) in [6.07, 6.45) is -2.04. The number of aromatic hydroxyl groups is 1. The average molecular weight is 1590 g/mol. The van der Waals surface area contributed by atoms with E-state index in [0.717, 1.165) is 0 Å². The second kappa shape index (κ2) is 52.8. The van der Waals surface area contributed by atoms with Crippen molar-refractivity contribution in [3.05, 3.63) is 102 Å². The molecule has 0 heterocycles. The van der Waals surface area contributed by atoms with Crippen molar-refractivity contribution < 1.29 is 82.4 Å². The first-order valence-electron chi connectivity index (χ1n) is 38.1. The number of nitrogens with one attached hydrogen (secondary N) is 14. The Hall–Kier alpha value is -10.3. The number of unbranched alkanes of at least 4 members (excludes halogenated alkanes) is 2. The molecule has 3 aromatic carbocycles. The highest BCUT2D eigenvalue weighted by molar-refractivity contribution is 6.00. The van der Waals surface area contributed by atoms with Gasteiger partial charge in [-0.1, -0.05) is 100 Å². The molecular weight excluding hydrogens is 1470 g/mol. The molecule has 0 unspecified atom stereocenters. The van der Waals surface area contributed by atoms with Gasteiger partial charge in [0.2, 0.25) is 76.8 Å². The SMILES string of the molecule is CC(=O)N[C@@H](CCCCN)C(=O)N[C@@H](CCCCN)C(=O)N[C@@H](CCCNC(N)N)C(=O)N[C@@H](Cc1ccc(O)cc1)C(=O)N[C@@H](CO)C(=O)N[C@@H](CCCNC(N)N)C(=O)N[C@@H](CCC(=O)O)C(=O)N[C@@H](Cc1ccccc1)C(=O)N[C@@H](CC(C)C)C(=O)N[C@@H](CC(C)C)C(=O)NCC(=O)N[C@@H](Cc1ccccc1)C(N)=O. The molecule has 0 aliphatic carbocycles. The summed E-state index contributed by atoms with van der Waals surface area (Å²) in [4.78, 5) is 194. The van der Waals surface area contributed by atoms with Crippen molar-refractivity contribution in [3.8, 4) is 5.75 Å². The van der Waals surface area contributed by atoms with E-state index in [1.807, 2.05) is 0 Å². The van der Waals surface area contributed by atoms with Crippen LogP contribution in [0.25, 0.3) is 0 Å². The molecule has 3 aromatic rings. The lowest BCUT2D eigenvalue weighted by Gasteiger charge is -2.29. The third-order valence-electron chi connectivity index (χ3n) is 17.7. The maximum atomic E-state index is 14.8. The van der Waals surface area contributed by atoms with Gasteiger partial charge in [0.15, 0.2) is 0 Å². The maximum Gasteiger partial charge on any atom is 0.303 e.